The van der Waals surface area contributed by atoms with Gasteiger partial charge in [0.15, 0.2) is 6.10 Å². The topological polar surface area (TPSA) is 42.1 Å². The summed E-state index contributed by atoms with van der Waals surface area (Å²) in [5.41, 5.74) is 1.37. The summed E-state index contributed by atoms with van der Waals surface area (Å²) in [5.74, 6) is -0.701. The molecule has 0 radical (unpaired) electrons. The second-order valence-electron chi connectivity index (χ2n) is 6.29. The van der Waals surface area contributed by atoms with Crippen molar-refractivity contribution in [1.29, 1.82) is 0 Å². The highest BCUT2D eigenvalue weighted by Crippen LogP contribution is 2.45. The molecule has 0 bridgehead atoms. The van der Waals surface area contributed by atoms with E-state index in [9.17, 15) is 18.0 Å². The van der Waals surface area contributed by atoms with Gasteiger partial charge in [0.05, 0.1) is 12.6 Å². The first-order valence-corrected chi connectivity index (χ1v) is 8.22. The number of nitrogens with zero attached hydrogens (tertiary/aromatic N) is 1. The molecule has 0 N–H and O–H groups in total. The van der Waals surface area contributed by atoms with E-state index in [-0.39, 0.29) is 6.61 Å². The van der Waals surface area contributed by atoms with Crippen LogP contribution < -0.4 is 0 Å². The molecule has 2 aromatic rings. The number of carbonyl (C=O) groups excluding carboxylic acids is 1. The molecule has 2 heterocycles. The molecule has 2 aliphatic heterocycles. The molecule has 26 heavy (non-hydrogen) atoms. The van der Waals surface area contributed by atoms with Crippen molar-refractivity contribution in [1.82, 2.24) is 4.90 Å². The molecule has 4 atom stereocenters. The average molecular weight is 363 g/mol. The Bertz CT molecular complexity index is 782. The van der Waals surface area contributed by atoms with Gasteiger partial charge in [-0.1, -0.05) is 60.7 Å². The minimum absolute atomic E-state index is 0.206. The Hall–Kier alpha value is -2.38. The van der Waals surface area contributed by atoms with Gasteiger partial charge in [0, 0.05) is 0 Å². The van der Waals surface area contributed by atoms with Gasteiger partial charge < -0.3 is 9.47 Å². The monoisotopic (exact) mass is 363 g/mol. The van der Waals surface area contributed by atoms with Gasteiger partial charge in [0.2, 0.25) is 6.23 Å². The molecule has 4 rings (SSSR count). The first-order chi connectivity index (χ1) is 12.5. The van der Waals surface area contributed by atoms with Gasteiger partial charge in [-0.15, -0.1) is 0 Å². The van der Waals surface area contributed by atoms with E-state index in [1.165, 1.54) is 0 Å². The lowest BCUT2D eigenvalue weighted by atomic mass is 10.0. The number of epoxide rings is 1. The van der Waals surface area contributed by atoms with Gasteiger partial charge in [-0.05, 0) is 11.1 Å². The predicted octanol–water partition coefficient (Wildman–Crippen LogP) is 3.62. The maximum absolute atomic E-state index is 13.4. The molecule has 0 unspecified atom stereocenters. The van der Waals surface area contributed by atoms with Crippen molar-refractivity contribution in [2.75, 3.05) is 6.61 Å². The quantitative estimate of drug-likeness (QED) is 0.783. The van der Waals surface area contributed by atoms with Crippen LogP contribution in [0.25, 0.3) is 0 Å². The van der Waals surface area contributed by atoms with Crippen LogP contribution in [0.1, 0.15) is 23.3 Å². The van der Waals surface area contributed by atoms with E-state index >= 15 is 0 Å². The number of hydrogen-bond donors (Lipinski definition) is 0. The number of alkyl halides is 3. The van der Waals surface area contributed by atoms with Crippen molar-refractivity contribution >= 4 is 5.91 Å². The standard InChI is InChI=1S/C19H16F3NO3/c20-19(21,22)18-23(14(11-25-18)12-7-3-1-4-8-12)17(24)16-15(26-16)13-9-5-2-6-10-13/h1-10,14-16,18H,11H2/t14-,15-,16+,18+/m0/s1. The van der Waals surface area contributed by atoms with Gasteiger partial charge in [-0.3, -0.25) is 9.69 Å². The second-order valence-corrected chi connectivity index (χ2v) is 6.29. The van der Waals surface area contributed by atoms with E-state index in [0.29, 0.717) is 5.56 Å². The molecular weight excluding hydrogens is 347 g/mol. The molecule has 2 fully saturated rings. The minimum atomic E-state index is -4.67. The second kappa shape index (κ2) is 6.41. The summed E-state index contributed by atoms with van der Waals surface area (Å²) < 4.78 is 50.6. The molecule has 2 aliphatic rings. The third-order valence-corrected chi connectivity index (χ3v) is 4.58. The van der Waals surface area contributed by atoms with Crippen LogP contribution in [0.2, 0.25) is 0 Å². The van der Waals surface area contributed by atoms with E-state index < -0.39 is 36.6 Å². The van der Waals surface area contributed by atoms with Crippen LogP contribution in [0.15, 0.2) is 60.7 Å². The Morgan fingerprint density at radius 1 is 0.962 bits per heavy atom. The van der Waals surface area contributed by atoms with Crippen LogP contribution in [0, 0.1) is 0 Å². The highest BCUT2D eigenvalue weighted by molar-refractivity contribution is 5.85. The summed E-state index contributed by atoms with van der Waals surface area (Å²) in [7, 11) is 0. The van der Waals surface area contributed by atoms with Crippen LogP contribution in [-0.2, 0) is 14.3 Å². The lowest BCUT2D eigenvalue weighted by Crippen LogP contribution is -2.48. The van der Waals surface area contributed by atoms with Gasteiger partial charge in [-0.2, -0.15) is 13.2 Å². The van der Waals surface area contributed by atoms with E-state index in [1.54, 1.807) is 54.6 Å². The minimum Gasteiger partial charge on any atom is -0.354 e. The summed E-state index contributed by atoms with van der Waals surface area (Å²) in [4.78, 5) is 13.6. The lowest BCUT2D eigenvalue weighted by Gasteiger charge is -2.29. The molecule has 0 saturated carbocycles. The largest absolute Gasteiger partial charge is 0.433 e. The van der Waals surface area contributed by atoms with Crippen LogP contribution in [0.3, 0.4) is 0 Å². The smallest absolute Gasteiger partial charge is 0.354 e. The lowest BCUT2D eigenvalue weighted by molar-refractivity contribution is -0.240. The van der Waals surface area contributed by atoms with E-state index in [2.05, 4.69) is 0 Å². The Morgan fingerprint density at radius 2 is 1.54 bits per heavy atom. The fourth-order valence-corrected chi connectivity index (χ4v) is 3.30. The SMILES string of the molecule is O=C([C@@H]1O[C@H]1c1ccccc1)N1[C@H](c2ccccc2)CO[C@@H]1C(F)(F)F. The molecule has 1 amide bonds. The van der Waals surface area contributed by atoms with Crippen molar-refractivity contribution in [3.05, 3.63) is 71.8 Å². The van der Waals surface area contributed by atoms with Crippen molar-refractivity contribution in [2.24, 2.45) is 0 Å². The van der Waals surface area contributed by atoms with Gasteiger partial charge in [0.1, 0.15) is 6.10 Å². The highest BCUT2D eigenvalue weighted by Gasteiger charge is 2.58. The third-order valence-electron chi connectivity index (χ3n) is 4.58. The van der Waals surface area contributed by atoms with Crippen molar-refractivity contribution in [3.8, 4) is 0 Å². The molecule has 2 aromatic carbocycles. The Balaban J connectivity index is 1.60. The fraction of sp³-hybridized carbons (Fsp3) is 0.316. The molecule has 0 aromatic heterocycles. The van der Waals surface area contributed by atoms with E-state index in [0.717, 1.165) is 10.5 Å². The molecule has 4 nitrogen and oxygen atoms in total. The van der Waals surface area contributed by atoms with Crippen molar-refractivity contribution < 1.29 is 27.4 Å². The summed E-state index contributed by atoms with van der Waals surface area (Å²) in [5, 5.41) is 0. The normalized spacial score (nSPS) is 28.2. The average Bonchev–Trinajstić information content (AvgIpc) is 3.31. The Morgan fingerprint density at radius 3 is 2.12 bits per heavy atom. The number of rotatable bonds is 3. The molecule has 2 saturated heterocycles. The zero-order chi connectivity index (χ0) is 18.3. The van der Waals surface area contributed by atoms with Crippen molar-refractivity contribution in [2.45, 2.75) is 30.7 Å². The number of amides is 1. The van der Waals surface area contributed by atoms with E-state index in [1.807, 2.05) is 6.07 Å². The van der Waals surface area contributed by atoms with Gasteiger partial charge >= 0.3 is 6.18 Å². The van der Waals surface area contributed by atoms with Crippen LogP contribution >= 0.6 is 0 Å². The number of halogens is 3. The van der Waals surface area contributed by atoms with Crippen LogP contribution in [0.4, 0.5) is 13.2 Å². The predicted molar refractivity (Wildman–Crippen MR) is 85.9 cm³/mol. The molecular formula is C19H16F3NO3. The third kappa shape index (κ3) is 3.08. The van der Waals surface area contributed by atoms with Crippen LogP contribution in [0.5, 0.6) is 0 Å². The van der Waals surface area contributed by atoms with Crippen LogP contribution in [-0.4, -0.2) is 35.9 Å². The number of hydrogen-bond acceptors (Lipinski definition) is 3. The summed E-state index contributed by atoms with van der Waals surface area (Å²) >= 11 is 0. The van der Waals surface area contributed by atoms with Gasteiger partial charge in [-0.25, -0.2) is 0 Å². The molecule has 0 aliphatic carbocycles. The zero-order valence-electron chi connectivity index (χ0n) is 13.6. The van der Waals surface area contributed by atoms with E-state index in [4.69, 9.17) is 9.47 Å². The zero-order valence-corrected chi connectivity index (χ0v) is 13.6. The number of ether oxygens (including phenoxy) is 2. The number of carbonyl (C=O) groups is 1. The molecule has 7 heteroatoms. The fourth-order valence-electron chi connectivity index (χ4n) is 3.30. The summed E-state index contributed by atoms with van der Waals surface area (Å²) in [6, 6.07) is 16.8. The first-order valence-electron chi connectivity index (χ1n) is 8.22. The molecule has 0 spiro atoms. The summed E-state index contributed by atoms with van der Waals surface area (Å²) in [6.07, 6.45) is -8.37. The number of benzene rings is 2. The Labute approximate surface area is 148 Å². The van der Waals surface area contributed by atoms with Gasteiger partial charge in [0.25, 0.3) is 5.91 Å². The first kappa shape index (κ1) is 17.1. The summed E-state index contributed by atoms with van der Waals surface area (Å²) in [6.45, 7) is -0.206. The Kier molecular flexibility index (Phi) is 4.20. The van der Waals surface area contributed by atoms with Crippen molar-refractivity contribution in [3.63, 3.8) is 0 Å². The molecule has 136 valence electrons. The maximum Gasteiger partial charge on any atom is 0.433 e. The maximum atomic E-state index is 13.4. The highest BCUT2D eigenvalue weighted by atomic mass is 19.4.